The second-order valence-electron chi connectivity index (χ2n) is 6.57. The first-order chi connectivity index (χ1) is 11.4. The van der Waals surface area contributed by atoms with E-state index >= 15 is 0 Å². The molecule has 0 bridgehead atoms. The zero-order valence-corrected chi connectivity index (χ0v) is 15.8. The molecule has 3 rings (SSSR count). The minimum absolute atomic E-state index is 0.0347. The number of benzene rings is 1. The summed E-state index contributed by atoms with van der Waals surface area (Å²) in [5.41, 5.74) is 1.96. The van der Waals surface area contributed by atoms with Gasteiger partial charge in [0.25, 0.3) is 0 Å². The van der Waals surface area contributed by atoms with E-state index in [4.69, 9.17) is 27.9 Å². The molecule has 0 saturated heterocycles. The fourth-order valence-electron chi connectivity index (χ4n) is 3.08. The molecule has 2 aromatic rings. The maximum absolute atomic E-state index is 12.4. The molecule has 0 spiro atoms. The molecule has 1 aromatic carbocycles. The van der Waals surface area contributed by atoms with Crippen molar-refractivity contribution in [2.75, 3.05) is 0 Å². The van der Waals surface area contributed by atoms with Crippen molar-refractivity contribution in [2.24, 2.45) is 17.3 Å². The summed E-state index contributed by atoms with van der Waals surface area (Å²) < 4.78 is 5.72. The predicted octanol–water partition coefficient (Wildman–Crippen LogP) is 6.05. The molecule has 0 aliphatic heterocycles. The van der Waals surface area contributed by atoms with Gasteiger partial charge in [-0.3, -0.25) is 4.79 Å². The molecular formula is C19H18Cl2O2S. The zero-order chi connectivity index (χ0) is 17.3. The van der Waals surface area contributed by atoms with Gasteiger partial charge >= 0.3 is 5.97 Å². The van der Waals surface area contributed by atoms with Gasteiger partial charge < -0.3 is 4.74 Å². The lowest BCUT2D eigenvalue weighted by Crippen LogP contribution is -2.10. The number of hydrogen-bond donors (Lipinski definition) is 0. The van der Waals surface area contributed by atoms with Gasteiger partial charge in [-0.25, -0.2) is 0 Å². The number of allylic oxidation sites excluding steroid dienone is 1. The Morgan fingerprint density at radius 3 is 2.75 bits per heavy atom. The lowest BCUT2D eigenvalue weighted by Gasteiger charge is -2.07. The van der Waals surface area contributed by atoms with Crippen LogP contribution in [-0.4, -0.2) is 5.97 Å². The SMILES string of the molecule is CC1(C)[C@H](C(=O)OCc2cccc(-c3cccs3)c2)[C@@H]1C=C(Cl)Cl. The number of carbonyl (C=O) groups is 1. The van der Waals surface area contributed by atoms with Crippen LogP contribution in [0.1, 0.15) is 19.4 Å². The third-order valence-corrected chi connectivity index (χ3v) is 5.75. The summed E-state index contributed by atoms with van der Waals surface area (Å²) in [7, 11) is 0. The Bertz CT molecular complexity index is 761. The monoisotopic (exact) mass is 380 g/mol. The van der Waals surface area contributed by atoms with E-state index in [0.29, 0.717) is 0 Å². The van der Waals surface area contributed by atoms with Crippen molar-refractivity contribution in [3.8, 4) is 10.4 Å². The fraction of sp³-hybridized carbons (Fsp3) is 0.316. The van der Waals surface area contributed by atoms with Gasteiger partial charge in [0, 0.05) is 4.88 Å². The Balaban J connectivity index is 1.63. The zero-order valence-electron chi connectivity index (χ0n) is 13.5. The number of hydrogen-bond acceptors (Lipinski definition) is 3. The van der Waals surface area contributed by atoms with Crippen molar-refractivity contribution in [1.82, 2.24) is 0 Å². The number of rotatable bonds is 5. The third-order valence-electron chi connectivity index (χ3n) is 4.58. The number of thiophene rings is 1. The van der Waals surface area contributed by atoms with Gasteiger partial charge in [0.15, 0.2) is 0 Å². The quantitative estimate of drug-likeness (QED) is 0.590. The van der Waals surface area contributed by atoms with Crippen LogP contribution in [0, 0.1) is 17.3 Å². The summed E-state index contributed by atoms with van der Waals surface area (Å²) in [5.74, 6) is -0.352. The fourth-order valence-corrected chi connectivity index (χ4v) is 4.07. The highest BCUT2D eigenvalue weighted by atomic mass is 35.5. The highest BCUT2D eigenvalue weighted by molar-refractivity contribution is 7.13. The Morgan fingerprint density at radius 2 is 2.08 bits per heavy atom. The molecule has 24 heavy (non-hydrogen) atoms. The van der Waals surface area contributed by atoms with Crippen LogP contribution in [0.15, 0.2) is 52.3 Å². The first kappa shape index (κ1) is 17.5. The van der Waals surface area contributed by atoms with Gasteiger partial charge in [-0.2, -0.15) is 0 Å². The van der Waals surface area contributed by atoms with Crippen molar-refractivity contribution >= 4 is 40.5 Å². The largest absolute Gasteiger partial charge is 0.461 e. The Morgan fingerprint density at radius 1 is 1.29 bits per heavy atom. The van der Waals surface area contributed by atoms with Gasteiger partial charge in [-0.1, -0.05) is 61.3 Å². The Hall–Kier alpha value is -1.29. The van der Waals surface area contributed by atoms with Crippen LogP contribution in [0.2, 0.25) is 0 Å². The molecule has 1 heterocycles. The van der Waals surface area contributed by atoms with Crippen molar-refractivity contribution in [3.63, 3.8) is 0 Å². The number of carbonyl (C=O) groups excluding carboxylic acids is 1. The van der Waals surface area contributed by atoms with Crippen molar-refractivity contribution in [2.45, 2.75) is 20.5 Å². The standard InChI is InChI=1S/C19H18Cl2O2S/c1-19(2)14(10-16(20)21)17(19)18(22)23-11-12-5-3-6-13(9-12)15-7-4-8-24-15/h3-10,14,17H,11H2,1-2H3/t14-,17-/m0/s1. The molecule has 1 fully saturated rings. The second-order valence-corrected chi connectivity index (χ2v) is 8.52. The molecule has 0 radical (unpaired) electrons. The second kappa shape index (κ2) is 6.91. The molecule has 1 aromatic heterocycles. The van der Waals surface area contributed by atoms with E-state index in [-0.39, 0.29) is 34.3 Å². The molecular weight excluding hydrogens is 363 g/mol. The molecule has 1 aliphatic rings. The van der Waals surface area contributed by atoms with Crippen LogP contribution >= 0.6 is 34.5 Å². The third kappa shape index (κ3) is 3.69. The van der Waals surface area contributed by atoms with E-state index in [0.717, 1.165) is 11.1 Å². The summed E-state index contributed by atoms with van der Waals surface area (Å²) in [6, 6.07) is 12.2. The number of esters is 1. The molecule has 2 nitrogen and oxygen atoms in total. The number of ether oxygens (including phenoxy) is 1. The average Bonchev–Trinajstić information content (AvgIpc) is 2.94. The van der Waals surface area contributed by atoms with Gasteiger partial charge in [-0.05, 0) is 46.0 Å². The first-order valence-corrected chi connectivity index (χ1v) is 9.35. The molecule has 0 amide bonds. The summed E-state index contributed by atoms with van der Waals surface area (Å²) in [6.45, 7) is 4.32. The maximum atomic E-state index is 12.4. The van der Waals surface area contributed by atoms with Crippen molar-refractivity contribution in [1.29, 1.82) is 0 Å². The van der Waals surface area contributed by atoms with Gasteiger partial charge in [0.1, 0.15) is 11.1 Å². The first-order valence-electron chi connectivity index (χ1n) is 7.72. The van der Waals surface area contributed by atoms with E-state index in [2.05, 4.69) is 18.2 Å². The predicted molar refractivity (Wildman–Crippen MR) is 100 cm³/mol. The molecule has 0 N–H and O–H groups in total. The van der Waals surface area contributed by atoms with E-state index in [1.54, 1.807) is 17.4 Å². The molecule has 5 heteroatoms. The van der Waals surface area contributed by atoms with E-state index in [1.807, 2.05) is 37.4 Å². The maximum Gasteiger partial charge on any atom is 0.310 e. The topological polar surface area (TPSA) is 26.3 Å². The Labute approximate surface area is 156 Å². The van der Waals surface area contributed by atoms with E-state index in [9.17, 15) is 4.79 Å². The van der Waals surface area contributed by atoms with Gasteiger partial charge in [0.2, 0.25) is 0 Å². The van der Waals surface area contributed by atoms with Crippen LogP contribution in [0.5, 0.6) is 0 Å². The molecule has 1 aliphatic carbocycles. The minimum atomic E-state index is -0.197. The highest BCUT2D eigenvalue weighted by Gasteiger charge is 2.61. The van der Waals surface area contributed by atoms with Crippen molar-refractivity contribution < 1.29 is 9.53 Å². The summed E-state index contributed by atoms with van der Waals surface area (Å²) >= 11 is 13.1. The van der Waals surface area contributed by atoms with Crippen LogP contribution in [0.3, 0.4) is 0 Å². The van der Waals surface area contributed by atoms with Crippen LogP contribution in [0.25, 0.3) is 10.4 Å². The summed E-state index contributed by atoms with van der Waals surface area (Å²) in [4.78, 5) is 13.6. The summed E-state index contributed by atoms with van der Waals surface area (Å²) in [6.07, 6.45) is 1.73. The van der Waals surface area contributed by atoms with Crippen LogP contribution in [0.4, 0.5) is 0 Å². The minimum Gasteiger partial charge on any atom is -0.461 e. The lowest BCUT2D eigenvalue weighted by atomic mass is 10.1. The van der Waals surface area contributed by atoms with E-state index in [1.165, 1.54) is 4.88 Å². The number of halogens is 2. The smallest absolute Gasteiger partial charge is 0.310 e. The average molecular weight is 381 g/mol. The molecule has 1 saturated carbocycles. The molecule has 126 valence electrons. The lowest BCUT2D eigenvalue weighted by molar-refractivity contribution is -0.147. The molecule has 0 unspecified atom stereocenters. The van der Waals surface area contributed by atoms with Gasteiger partial charge in [-0.15, -0.1) is 11.3 Å². The summed E-state index contributed by atoms with van der Waals surface area (Å²) in [5, 5.41) is 2.05. The van der Waals surface area contributed by atoms with Crippen LogP contribution in [-0.2, 0) is 16.1 Å². The molecule has 2 atom stereocenters. The normalized spacial score (nSPS) is 21.2. The van der Waals surface area contributed by atoms with Gasteiger partial charge in [0.05, 0.1) is 5.92 Å². The van der Waals surface area contributed by atoms with Crippen LogP contribution < -0.4 is 0 Å². The highest BCUT2D eigenvalue weighted by Crippen LogP contribution is 2.60. The van der Waals surface area contributed by atoms with E-state index < -0.39 is 0 Å². The Kier molecular flexibility index (Phi) is 5.05. The van der Waals surface area contributed by atoms with Crippen molar-refractivity contribution in [3.05, 3.63) is 57.9 Å².